The van der Waals surface area contributed by atoms with Crippen LogP contribution in [0.2, 0.25) is 5.02 Å². The highest BCUT2D eigenvalue weighted by atomic mass is 35.5. The predicted octanol–water partition coefficient (Wildman–Crippen LogP) is 6.28. The molecule has 0 N–H and O–H groups in total. The molecule has 0 fully saturated rings. The van der Waals surface area contributed by atoms with E-state index in [-0.39, 0.29) is 0 Å². The third-order valence-corrected chi connectivity index (χ3v) is 4.92. The van der Waals surface area contributed by atoms with Gasteiger partial charge in [-0.25, -0.2) is 4.98 Å². The molecule has 0 saturated heterocycles. The first-order chi connectivity index (χ1) is 10.8. The predicted molar refractivity (Wildman–Crippen MR) is 95.5 cm³/mol. The molecule has 0 spiro atoms. The van der Waals surface area contributed by atoms with E-state index in [9.17, 15) is 0 Å². The van der Waals surface area contributed by atoms with Crippen molar-refractivity contribution in [1.82, 2.24) is 4.98 Å². The van der Waals surface area contributed by atoms with Crippen LogP contribution in [0.5, 0.6) is 0 Å². The summed E-state index contributed by atoms with van der Waals surface area (Å²) in [6.45, 7) is 0. The van der Waals surface area contributed by atoms with Gasteiger partial charge in [-0.15, -0.1) is 11.3 Å². The Labute approximate surface area is 137 Å². The Morgan fingerprint density at radius 3 is 2.27 bits per heavy atom. The Hall–Kier alpha value is -2.16. The minimum absolute atomic E-state index is 0.745. The zero-order valence-corrected chi connectivity index (χ0v) is 13.2. The van der Waals surface area contributed by atoms with Crippen LogP contribution >= 0.6 is 22.9 Å². The fraction of sp³-hybridized carbons (Fsp3) is 0. The van der Waals surface area contributed by atoms with Crippen molar-refractivity contribution in [3.8, 4) is 21.7 Å². The summed E-state index contributed by atoms with van der Waals surface area (Å²) >= 11 is 7.68. The largest absolute Gasteiger partial charge is 0.235 e. The van der Waals surface area contributed by atoms with Gasteiger partial charge in [-0.2, -0.15) is 0 Å². The van der Waals surface area contributed by atoms with Crippen molar-refractivity contribution in [3.05, 3.63) is 77.8 Å². The van der Waals surface area contributed by atoms with Gasteiger partial charge in [0, 0.05) is 16.1 Å². The Balaban J connectivity index is 1.89. The molecular weight excluding hydrogens is 310 g/mol. The van der Waals surface area contributed by atoms with Gasteiger partial charge in [-0.05, 0) is 23.8 Å². The highest BCUT2D eigenvalue weighted by Crippen LogP contribution is 2.35. The lowest BCUT2D eigenvalue weighted by Gasteiger charge is -2.01. The van der Waals surface area contributed by atoms with E-state index >= 15 is 0 Å². The SMILES string of the molecule is Clc1ccc(-c2nc3c(-c4ccccc4)cccc3s2)cc1. The molecule has 0 amide bonds. The van der Waals surface area contributed by atoms with Crippen LogP contribution in [0.1, 0.15) is 0 Å². The summed E-state index contributed by atoms with van der Waals surface area (Å²) < 4.78 is 1.20. The standard InChI is InChI=1S/C19H12ClNS/c20-15-11-9-14(10-12-15)19-21-18-16(7-4-8-17(18)22-19)13-5-2-1-3-6-13/h1-12H. The smallest absolute Gasteiger partial charge is 0.124 e. The molecule has 0 radical (unpaired) electrons. The van der Waals surface area contributed by atoms with Gasteiger partial charge in [0.1, 0.15) is 5.01 Å². The monoisotopic (exact) mass is 321 g/mol. The second-order valence-corrected chi connectivity index (χ2v) is 6.51. The Morgan fingerprint density at radius 2 is 1.50 bits per heavy atom. The quantitative estimate of drug-likeness (QED) is 0.423. The van der Waals surface area contributed by atoms with Gasteiger partial charge < -0.3 is 0 Å². The van der Waals surface area contributed by atoms with Gasteiger partial charge in [0.05, 0.1) is 10.2 Å². The number of hydrogen-bond acceptors (Lipinski definition) is 2. The highest BCUT2D eigenvalue weighted by Gasteiger charge is 2.10. The molecule has 0 unspecified atom stereocenters. The number of hydrogen-bond donors (Lipinski definition) is 0. The van der Waals surface area contributed by atoms with Crippen LogP contribution in [0.15, 0.2) is 72.8 Å². The van der Waals surface area contributed by atoms with Crippen LogP contribution < -0.4 is 0 Å². The minimum Gasteiger partial charge on any atom is -0.235 e. The fourth-order valence-electron chi connectivity index (χ4n) is 2.52. The van der Waals surface area contributed by atoms with Gasteiger partial charge in [-0.3, -0.25) is 0 Å². The molecule has 4 aromatic rings. The fourth-order valence-corrected chi connectivity index (χ4v) is 3.64. The Morgan fingerprint density at radius 1 is 0.727 bits per heavy atom. The number of halogens is 1. The van der Waals surface area contributed by atoms with E-state index in [1.54, 1.807) is 11.3 Å². The molecule has 4 rings (SSSR count). The average Bonchev–Trinajstić information content (AvgIpc) is 3.00. The molecule has 0 atom stereocenters. The van der Waals surface area contributed by atoms with Gasteiger partial charge in [-0.1, -0.05) is 66.2 Å². The maximum atomic E-state index is 5.97. The molecule has 1 nitrogen and oxygen atoms in total. The van der Waals surface area contributed by atoms with Crippen molar-refractivity contribution in [2.45, 2.75) is 0 Å². The molecule has 3 aromatic carbocycles. The van der Waals surface area contributed by atoms with E-state index < -0.39 is 0 Å². The maximum absolute atomic E-state index is 5.97. The third-order valence-electron chi connectivity index (χ3n) is 3.59. The summed E-state index contributed by atoms with van der Waals surface area (Å²) in [5, 5.41) is 1.77. The summed E-state index contributed by atoms with van der Waals surface area (Å²) in [4.78, 5) is 4.86. The zero-order chi connectivity index (χ0) is 14.9. The van der Waals surface area contributed by atoms with E-state index in [1.165, 1.54) is 15.8 Å². The second kappa shape index (κ2) is 5.56. The summed E-state index contributed by atoms with van der Waals surface area (Å²) in [5.41, 5.74) is 4.53. The normalized spacial score (nSPS) is 11.0. The van der Waals surface area contributed by atoms with Crippen LogP contribution in [-0.2, 0) is 0 Å². The van der Waals surface area contributed by atoms with E-state index in [0.29, 0.717) is 0 Å². The molecule has 106 valence electrons. The molecular formula is C19H12ClNS. The highest BCUT2D eigenvalue weighted by molar-refractivity contribution is 7.21. The number of rotatable bonds is 2. The lowest BCUT2D eigenvalue weighted by molar-refractivity contribution is 1.47. The zero-order valence-electron chi connectivity index (χ0n) is 11.7. The van der Waals surface area contributed by atoms with E-state index in [0.717, 1.165) is 21.1 Å². The van der Waals surface area contributed by atoms with Crippen LogP contribution in [0.25, 0.3) is 31.9 Å². The Bertz CT molecular complexity index is 927. The minimum atomic E-state index is 0.745. The second-order valence-electron chi connectivity index (χ2n) is 5.04. The first-order valence-electron chi connectivity index (χ1n) is 7.02. The number of aromatic nitrogens is 1. The lowest BCUT2D eigenvalue weighted by Crippen LogP contribution is -1.80. The van der Waals surface area contributed by atoms with Crippen molar-refractivity contribution in [2.24, 2.45) is 0 Å². The van der Waals surface area contributed by atoms with Gasteiger partial charge in [0.15, 0.2) is 0 Å². The van der Waals surface area contributed by atoms with Crippen LogP contribution in [0, 0.1) is 0 Å². The molecule has 1 aromatic heterocycles. The van der Waals surface area contributed by atoms with Crippen molar-refractivity contribution in [1.29, 1.82) is 0 Å². The molecule has 22 heavy (non-hydrogen) atoms. The van der Waals surface area contributed by atoms with E-state index in [1.807, 2.05) is 30.3 Å². The van der Waals surface area contributed by atoms with Crippen LogP contribution in [0.4, 0.5) is 0 Å². The number of fused-ring (bicyclic) bond motifs is 1. The third kappa shape index (κ3) is 2.41. The molecule has 0 saturated carbocycles. The van der Waals surface area contributed by atoms with Crippen molar-refractivity contribution in [3.63, 3.8) is 0 Å². The summed E-state index contributed by atoms with van der Waals surface area (Å²) in [5.74, 6) is 0. The number of benzene rings is 3. The lowest BCUT2D eigenvalue weighted by atomic mass is 10.0. The van der Waals surface area contributed by atoms with Crippen molar-refractivity contribution in [2.75, 3.05) is 0 Å². The first-order valence-corrected chi connectivity index (χ1v) is 8.21. The molecule has 0 aliphatic heterocycles. The Kier molecular flexibility index (Phi) is 3.41. The van der Waals surface area contributed by atoms with E-state index in [4.69, 9.17) is 16.6 Å². The average molecular weight is 322 g/mol. The number of para-hydroxylation sites is 1. The number of nitrogens with zero attached hydrogens (tertiary/aromatic N) is 1. The van der Waals surface area contributed by atoms with Crippen molar-refractivity contribution < 1.29 is 0 Å². The number of thiazole rings is 1. The van der Waals surface area contributed by atoms with Crippen molar-refractivity contribution >= 4 is 33.2 Å². The first kappa shape index (κ1) is 13.5. The van der Waals surface area contributed by atoms with Crippen LogP contribution in [-0.4, -0.2) is 4.98 Å². The molecule has 3 heteroatoms. The van der Waals surface area contributed by atoms with Gasteiger partial charge in [0.2, 0.25) is 0 Å². The summed E-state index contributed by atoms with van der Waals surface area (Å²) in [7, 11) is 0. The van der Waals surface area contributed by atoms with Gasteiger partial charge >= 0.3 is 0 Å². The van der Waals surface area contributed by atoms with E-state index in [2.05, 4.69) is 42.5 Å². The van der Waals surface area contributed by atoms with Crippen LogP contribution in [0.3, 0.4) is 0 Å². The topological polar surface area (TPSA) is 12.9 Å². The molecule has 0 aliphatic carbocycles. The molecule has 1 heterocycles. The molecule has 0 aliphatic rings. The summed E-state index contributed by atoms with van der Waals surface area (Å²) in [6, 6.07) is 24.6. The molecule has 0 bridgehead atoms. The maximum Gasteiger partial charge on any atom is 0.124 e. The van der Waals surface area contributed by atoms with Gasteiger partial charge in [0.25, 0.3) is 0 Å². The summed E-state index contributed by atoms with van der Waals surface area (Å²) in [6.07, 6.45) is 0.